The second-order valence-electron chi connectivity index (χ2n) is 6.22. The van der Waals surface area contributed by atoms with Gasteiger partial charge in [0.1, 0.15) is 0 Å². The van der Waals surface area contributed by atoms with Crippen LogP contribution >= 0.6 is 35.3 Å². The number of hydrogen-bond acceptors (Lipinski definition) is 3. The average molecular weight is 466 g/mol. The Kier molecular flexibility index (Phi) is 14.7. The molecule has 140 valence electrons. The molecule has 6 heteroatoms. The lowest BCUT2D eigenvalue weighted by Gasteiger charge is -2.11. The Balaban J connectivity index is 0.00000529. The fourth-order valence-electron chi connectivity index (χ4n) is 2.35. The highest BCUT2D eigenvalue weighted by Crippen LogP contribution is 2.16. The van der Waals surface area contributed by atoms with E-state index in [4.69, 9.17) is 0 Å². The van der Waals surface area contributed by atoms with Gasteiger partial charge in [0.25, 0.3) is 0 Å². The zero-order valence-electron chi connectivity index (χ0n) is 15.7. The molecule has 0 aliphatic rings. The molecule has 0 saturated heterocycles. The summed E-state index contributed by atoms with van der Waals surface area (Å²) in [4.78, 5) is 8.29. The topological polar surface area (TPSA) is 39.7 Å². The summed E-state index contributed by atoms with van der Waals surface area (Å²) >= 11 is 1.79. The number of aliphatic imine (C=N–C) groups is 1. The van der Waals surface area contributed by atoms with Crippen LogP contribution in [0.2, 0.25) is 0 Å². The third kappa shape index (κ3) is 11.3. The van der Waals surface area contributed by atoms with E-state index in [9.17, 15) is 0 Å². The molecule has 0 unspecified atom stereocenters. The van der Waals surface area contributed by atoms with Gasteiger partial charge in [-0.15, -0.1) is 35.3 Å². The number of hydrogen-bond donors (Lipinski definition) is 2. The van der Waals surface area contributed by atoms with Gasteiger partial charge in [-0.25, -0.2) is 4.99 Å². The van der Waals surface area contributed by atoms with Gasteiger partial charge < -0.3 is 15.5 Å². The quantitative estimate of drug-likeness (QED) is 0.222. The second kappa shape index (κ2) is 15.0. The first-order valence-corrected chi connectivity index (χ1v) is 9.71. The molecule has 2 N–H and O–H groups in total. The number of nitrogens with zero attached hydrogens (tertiary/aromatic N) is 2. The number of aryl methyl sites for hydroxylation is 1. The maximum absolute atomic E-state index is 4.68. The third-order valence-corrected chi connectivity index (χ3v) is 4.78. The van der Waals surface area contributed by atoms with Crippen LogP contribution in [0.4, 0.5) is 0 Å². The molecule has 0 aliphatic heterocycles. The second-order valence-corrected chi connectivity index (χ2v) is 7.22. The molecule has 0 radical (unpaired) electrons. The summed E-state index contributed by atoms with van der Waals surface area (Å²) in [6.45, 7) is 8.14. The van der Waals surface area contributed by atoms with Crippen LogP contribution < -0.4 is 10.6 Å². The molecular formula is C18H35IN4S. The minimum Gasteiger partial charge on any atom is -0.357 e. The SMILES string of the molecule is CCNC(=NCc1sccc1C)NCCCCCCCN(C)C.I. The number of guanidine groups is 1. The minimum atomic E-state index is 0. The van der Waals surface area contributed by atoms with Crippen LogP contribution in [0.1, 0.15) is 49.5 Å². The maximum atomic E-state index is 4.68. The molecular weight excluding hydrogens is 431 g/mol. The molecule has 4 nitrogen and oxygen atoms in total. The lowest BCUT2D eigenvalue weighted by atomic mass is 10.1. The first kappa shape index (κ1) is 23.7. The highest BCUT2D eigenvalue weighted by molar-refractivity contribution is 14.0. The van der Waals surface area contributed by atoms with Gasteiger partial charge in [0.05, 0.1) is 6.54 Å². The number of rotatable bonds is 11. The van der Waals surface area contributed by atoms with E-state index in [-0.39, 0.29) is 24.0 Å². The van der Waals surface area contributed by atoms with Crippen LogP contribution in [0.15, 0.2) is 16.4 Å². The third-order valence-electron chi connectivity index (χ3n) is 3.77. The highest BCUT2D eigenvalue weighted by Gasteiger charge is 2.01. The van der Waals surface area contributed by atoms with E-state index in [1.54, 1.807) is 11.3 Å². The molecule has 0 bridgehead atoms. The zero-order valence-corrected chi connectivity index (χ0v) is 18.9. The van der Waals surface area contributed by atoms with Gasteiger partial charge in [-0.2, -0.15) is 0 Å². The van der Waals surface area contributed by atoms with Crippen LogP contribution in [-0.2, 0) is 6.54 Å². The van der Waals surface area contributed by atoms with Gasteiger partial charge in [0, 0.05) is 18.0 Å². The van der Waals surface area contributed by atoms with E-state index < -0.39 is 0 Å². The largest absolute Gasteiger partial charge is 0.357 e. The number of halogens is 1. The molecule has 1 aromatic heterocycles. The van der Waals surface area contributed by atoms with E-state index in [1.165, 1.54) is 49.1 Å². The van der Waals surface area contributed by atoms with E-state index in [0.29, 0.717) is 0 Å². The lowest BCUT2D eigenvalue weighted by Crippen LogP contribution is -2.37. The van der Waals surface area contributed by atoms with E-state index in [2.05, 4.69) is 59.9 Å². The lowest BCUT2D eigenvalue weighted by molar-refractivity contribution is 0.389. The Morgan fingerprint density at radius 2 is 1.83 bits per heavy atom. The van der Waals surface area contributed by atoms with Crippen molar-refractivity contribution in [3.63, 3.8) is 0 Å². The molecule has 0 amide bonds. The van der Waals surface area contributed by atoms with Crippen LogP contribution in [-0.4, -0.2) is 44.6 Å². The molecule has 1 aromatic rings. The van der Waals surface area contributed by atoms with Crippen LogP contribution in [0.25, 0.3) is 0 Å². The van der Waals surface area contributed by atoms with Gasteiger partial charge in [0.15, 0.2) is 5.96 Å². The summed E-state index contributed by atoms with van der Waals surface area (Å²) in [6, 6.07) is 2.16. The van der Waals surface area contributed by atoms with Crippen molar-refractivity contribution in [2.24, 2.45) is 4.99 Å². The van der Waals surface area contributed by atoms with E-state index in [1.807, 2.05) is 0 Å². The summed E-state index contributed by atoms with van der Waals surface area (Å²) in [5.74, 6) is 0.938. The summed E-state index contributed by atoms with van der Waals surface area (Å²) < 4.78 is 0. The summed E-state index contributed by atoms with van der Waals surface area (Å²) in [6.07, 6.45) is 6.49. The van der Waals surface area contributed by atoms with Crippen LogP contribution in [0, 0.1) is 6.92 Å². The zero-order chi connectivity index (χ0) is 16.9. The Morgan fingerprint density at radius 1 is 1.12 bits per heavy atom. The van der Waals surface area contributed by atoms with Crippen molar-refractivity contribution < 1.29 is 0 Å². The molecule has 0 atom stereocenters. The van der Waals surface area contributed by atoms with Crippen molar-refractivity contribution in [2.75, 3.05) is 33.7 Å². The number of unbranched alkanes of at least 4 members (excludes halogenated alkanes) is 4. The monoisotopic (exact) mass is 466 g/mol. The van der Waals surface area contributed by atoms with Gasteiger partial charge in [0.2, 0.25) is 0 Å². The van der Waals surface area contributed by atoms with Gasteiger partial charge in [-0.05, 0) is 64.3 Å². The van der Waals surface area contributed by atoms with E-state index in [0.717, 1.165) is 25.6 Å². The van der Waals surface area contributed by atoms with Crippen molar-refractivity contribution in [1.29, 1.82) is 0 Å². The first-order chi connectivity index (χ1) is 11.1. The first-order valence-electron chi connectivity index (χ1n) is 8.83. The summed E-state index contributed by atoms with van der Waals surface area (Å²) in [5.41, 5.74) is 1.34. The number of thiophene rings is 1. The molecule has 24 heavy (non-hydrogen) atoms. The Labute approximate surface area is 169 Å². The average Bonchev–Trinajstić information content (AvgIpc) is 2.92. The summed E-state index contributed by atoms with van der Waals surface area (Å²) in [7, 11) is 4.28. The van der Waals surface area contributed by atoms with Gasteiger partial charge in [-0.3, -0.25) is 0 Å². The van der Waals surface area contributed by atoms with Crippen molar-refractivity contribution in [2.45, 2.75) is 52.5 Å². The Hall–Kier alpha value is -0.340. The maximum Gasteiger partial charge on any atom is 0.191 e. The smallest absolute Gasteiger partial charge is 0.191 e. The molecule has 0 aromatic carbocycles. The molecule has 0 fully saturated rings. The predicted molar refractivity (Wildman–Crippen MR) is 119 cm³/mol. The van der Waals surface area contributed by atoms with Crippen LogP contribution in [0.5, 0.6) is 0 Å². The Bertz CT molecular complexity index is 446. The molecule has 0 saturated carbocycles. The van der Waals surface area contributed by atoms with E-state index >= 15 is 0 Å². The normalized spacial score (nSPS) is 11.5. The minimum absolute atomic E-state index is 0. The predicted octanol–water partition coefficient (Wildman–Crippen LogP) is 4.24. The van der Waals surface area contributed by atoms with Crippen molar-refractivity contribution >= 4 is 41.3 Å². The van der Waals surface area contributed by atoms with Crippen molar-refractivity contribution in [3.05, 3.63) is 21.9 Å². The molecule has 0 spiro atoms. The summed E-state index contributed by atoms with van der Waals surface area (Å²) in [5, 5.41) is 8.91. The molecule has 0 aliphatic carbocycles. The fourth-order valence-corrected chi connectivity index (χ4v) is 3.18. The standard InChI is InChI=1S/C18H34N4S.HI/c1-5-19-18(21-15-17-16(2)11-14-23-17)20-12-9-7-6-8-10-13-22(3)4;/h11,14H,5-10,12-13,15H2,1-4H3,(H2,19,20,21);1H. The molecule has 1 heterocycles. The van der Waals surface area contributed by atoms with Gasteiger partial charge in [-0.1, -0.05) is 19.3 Å². The van der Waals surface area contributed by atoms with Gasteiger partial charge >= 0.3 is 0 Å². The number of nitrogens with one attached hydrogen (secondary N) is 2. The van der Waals surface area contributed by atoms with Crippen molar-refractivity contribution in [3.8, 4) is 0 Å². The highest BCUT2D eigenvalue weighted by atomic mass is 127. The molecule has 1 rings (SSSR count). The van der Waals surface area contributed by atoms with Crippen molar-refractivity contribution in [1.82, 2.24) is 15.5 Å². The van der Waals surface area contributed by atoms with Crippen LogP contribution in [0.3, 0.4) is 0 Å². The fraction of sp³-hybridized carbons (Fsp3) is 0.722. The Morgan fingerprint density at radius 3 is 2.46 bits per heavy atom.